The Bertz CT molecular complexity index is 1230. The third-order valence-corrected chi connectivity index (χ3v) is 5.38. The lowest BCUT2D eigenvalue weighted by Crippen LogP contribution is -2.25. The van der Waals surface area contributed by atoms with Crippen LogP contribution in [0, 0.1) is 0 Å². The highest BCUT2D eigenvalue weighted by Crippen LogP contribution is 2.33. The molecule has 0 unspecified atom stereocenters. The number of pyridine rings is 1. The first-order valence-corrected chi connectivity index (χ1v) is 11.3. The second-order valence-corrected chi connectivity index (χ2v) is 8.24. The molecule has 0 saturated carbocycles. The van der Waals surface area contributed by atoms with Gasteiger partial charge in [-0.25, -0.2) is 0 Å². The van der Waals surface area contributed by atoms with Gasteiger partial charge in [0.25, 0.3) is 5.91 Å². The van der Waals surface area contributed by atoms with Gasteiger partial charge >= 0.3 is 18.3 Å². The summed E-state index contributed by atoms with van der Waals surface area (Å²) in [6.07, 6.45) is -10.5. The summed E-state index contributed by atoms with van der Waals surface area (Å²) >= 11 is 0. The van der Waals surface area contributed by atoms with E-state index >= 15 is 0 Å². The first-order valence-electron chi connectivity index (χ1n) is 11.3. The molecular formula is C26H22F6N2O4. The van der Waals surface area contributed by atoms with Crippen molar-refractivity contribution in [1.82, 2.24) is 10.3 Å². The highest BCUT2D eigenvalue weighted by Gasteiger charge is 2.31. The molecule has 12 heteroatoms. The molecule has 1 atom stereocenters. The van der Waals surface area contributed by atoms with Crippen LogP contribution in [0.3, 0.4) is 0 Å². The minimum atomic E-state index is -4.48. The van der Waals surface area contributed by atoms with E-state index in [-0.39, 0.29) is 24.3 Å². The van der Waals surface area contributed by atoms with Crippen LogP contribution < -0.4 is 10.1 Å². The lowest BCUT2D eigenvalue weighted by molar-refractivity contribution is -0.139. The number of halogens is 6. The van der Waals surface area contributed by atoms with E-state index in [1.165, 1.54) is 54.7 Å². The van der Waals surface area contributed by atoms with Crippen LogP contribution in [0.2, 0.25) is 0 Å². The minimum absolute atomic E-state index is 0.0681. The summed E-state index contributed by atoms with van der Waals surface area (Å²) in [7, 11) is 0. The number of carbonyl (C=O) groups is 2. The monoisotopic (exact) mass is 540 g/mol. The maximum absolute atomic E-state index is 12.9. The fourth-order valence-corrected chi connectivity index (χ4v) is 3.42. The molecule has 0 saturated heterocycles. The Hall–Kier alpha value is -4.09. The van der Waals surface area contributed by atoms with Crippen molar-refractivity contribution < 1.29 is 45.8 Å². The molecule has 1 heterocycles. The van der Waals surface area contributed by atoms with Crippen molar-refractivity contribution in [2.45, 2.75) is 37.7 Å². The van der Waals surface area contributed by atoms with Gasteiger partial charge in [-0.2, -0.15) is 26.3 Å². The number of hydrogen-bond acceptors (Lipinski definition) is 4. The number of amides is 1. The molecule has 0 spiro atoms. The number of carboxylic acid groups (broad SMARTS) is 1. The highest BCUT2D eigenvalue weighted by atomic mass is 19.4. The number of rotatable bonds is 10. The number of aliphatic carboxylic acids is 1. The van der Waals surface area contributed by atoms with Crippen LogP contribution in [0.25, 0.3) is 11.3 Å². The molecule has 6 nitrogen and oxygen atoms in total. The number of aromatic nitrogens is 1. The number of hydrogen-bond donors (Lipinski definition) is 2. The smallest absolute Gasteiger partial charge is 0.416 e. The predicted octanol–water partition coefficient (Wildman–Crippen LogP) is 6.43. The van der Waals surface area contributed by atoms with Crippen molar-refractivity contribution in [1.29, 1.82) is 0 Å². The van der Waals surface area contributed by atoms with E-state index in [2.05, 4.69) is 10.3 Å². The maximum atomic E-state index is 12.9. The molecule has 0 bridgehead atoms. The van der Waals surface area contributed by atoms with E-state index in [0.717, 1.165) is 12.1 Å². The van der Waals surface area contributed by atoms with Crippen molar-refractivity contribution >= 4 is 11.9 Å². The van der Waals surface area contributed by atoms with Gasteiger partial charge in [-0.1, -0.05) is 18.2 Å². The molecule has 0 aliphatic rings. The van der Waals surface area contributed by atoms with E-state index in [1.54, 1.807) is 0 Å². The van der Waals surface area contributed by atoms with Gasteiger partial charge < -0.3 is 15.2 Å². The van der Waals surface area contributed by atoms with Crippen LogP contribution in [-0.4, -0.2) is 34.7 Å². The van der Waals surface area contributed by atoms with Gasteiger partial charge in [0.15, 0.2) is 0 Å². The molecule has 0 aliphatic heterocycles. The van der Waals surface area contributed by atoms with E-state index in [4.69, 9.17) is 9.84 Å². The Kier molecular flexibility index (Phi) is 8.97. The summed E-state index contributed by atoms with van der Waals surface area (Å²) in [5.41, 5.74) is 0.435. The van der Waals surface area contributed by atoms with Crippen molar-refractivity contribution in [2.24, 2.45) is 0 Å². The number of carboxylic acids is 1. The van der Waals surface area contributed by atoms with E-state index in [0.29, 0.717) is 16.8 Å². The van der Waals surface area contributed by atoms with E-state index in [1.807, 2.05) is 0 Å². The van der Waals surface area contributed by atoms with Crippen LogP contribution in [0.4, 0.5) is 26.3 Å². The largest absolute Gasteiger partial charge is 0.486 e. The van der Waals surface area contributed by atoms with Gasteiger partial charge in [0.2, 0.25) is 0 Å². The topological polar surface area (TPSA) is 88.5 Å². The Morgan fingerprint density at radius 1 is 0.921 bits per heavy atom. The fraction of sp³-hybridized carbons (Fsp3) is 0.269. The zero-order valence-corrected chi connectivity index (χ0v) is 19.6. The van der Waals surface area contributed by atoms with Crippen LogP contribution in [0.5, 0.6) is 5.75 Å². The van der Waals surface area contributed by atoms with Crippen molar-refractivity contribution in [2.75, 3.05) is 6.54 Å². The summed E-state index contributed by atoms with van der Waals surface area (Å²) in [4.78, 5) is 26.8. The third kappa shape index (κ3) is 8.49. The molecular weight excluding hydrogens is 518 g/mol. The second-order valence-electron chi connectivity index (χ2n) is 8.24. The van der Waals surface area contributed by atoms with Crippen molar-refractivity contribution in [3.05, 3.63) is 83.6 Å². The molecule has 0 fully saturated rings. The average molecular weight is 540 g/mol. The zero-order valence-electron chi connectivity index (χ0n) is 19.6. The number of alkyl halides is 6. The maximum Gasteiger partial charge on any atom is 0.416 e. The van der Waals surface area contributed by atoms with Gasteiger partial charge in [0, 0.05) is 35.9 Å². The molecule has 1 aromatic heterocycles. The summed E-state index contributed by atoms with van der Waals surface area (Å²) in [5, 5.41) is 11.1. The van der Waals surface area contributed by atoms with Crippen LogP contribution in [-0.2, 0) is 11.0 Å². The van der Waals surface area contributed by atoms with E-state index < -0.39 is 48.7 Å². The van der Waals surface area contributed by atoms with Crippen LogP contribution in [0.15, 0.2) is 66.9 Å². The number of nitrogens with one attached hydrogen (secondary N) is 1. The molecule has 38 heavy (non-hydrogen) atoms. The van der Waals surface area contributed by atoms with Crippen LogP contribution >= 0.6 is 0 Å². The summed E-state index contributed by atoms with van der Waals surface area (Å²) in [5.74, 6) is -1.40. The second kappa shape index (κ2) is 12.0. The van der Waals surface area contributed by atoms with Gasteiger partial charge in [-0.05, 0) is 48.9 Å². The van der Waals surface area contributed by atoms with Gasteiger partial charge in [-0.15, -0.1) is 0 Å². The summed E-state index contributed by atoms with van der Waals surface area (Å²) in [6, 6.07) is 12.9. The van der Waals surface area contributed by atoms with Gasteiger partial charge in [-0.3, -0.25) is 14.6 Å². The molecule has 2 N–H and O–H groups in total. The molecule has 2 aromatic carbocycles. The Morgan fingerprint density at radius 3 is 2.11 bits per heavy atom. The highest BCUT2D eigenvalue weighted by molar-refractivity contribution is 5.94. The summed E-state index contributed by atoms with van der Waals surface area (Å²) in [6.45, 7) is -0.0681. The quantitative estimate of drug-likeness (QED) is 0.289. The first kappa shape index (κ1) is 28.5. The lowest BCUT2D eigenvalue weighted by Gasteiger charge is -2.20. The van der Waals surface area contributed by atoms with Gasteiger partial charge in [0.1, 0.15) is 11.9 Å². The fourth-order valence-electron chi connectivity index (χ4n) is 3.42. The Balaban J connectivity index is 1.74. The third-order valence-electron chi connectivity index (χ3n) is 5.38. The minimum Gasteiger partial charge on any atom is -0.486 e. The standard InChI is InChI=1S/C26H22F6N2O4/c27-25(28,29)13-11-22(38-20-8-3-17(4-9-20)24(37)33-14-12-23(35)36)18-5-10-21(34-15-18)16-1-6-19(7-2-16)26(30,31)32/h1-10,15,22H,11-14H2,(H,33,37)(H,35,36)/t22-/m1/s1. The molecule has 0 radical (unpaired) electrons. The number of ether oxygens (including phenoxy) is 1. The van der Waals surface area contributed by atoms with Crippen LogP contribution in [0.1, 0.15) is 46.9 Å². The number of carbonyl (C=O) groups excluding carboxylic acids is 1. The van der Waals surface area contributed by atoms with Crippen molar-refractivity contribution in [3.63, 3.8) is 0 Å². The van der Waals surface area contributed by atoms with Gasteiger partial charge in [0.05, 0.1) is 17.7 Å². The zero-order chi connectivity index (χ0) is 27.9. The molecule has 202 valence electrons. The van der Waals surface area contributed by atoms with Crippen molar-refractivity contribution in [3.8, 4) is 17.0 Å². The first-order chi connectivity index (χ1) is 17.8. The number of nitrogens with zero attached hydrogens (tertiary/aromatic N) is 1. The lowest BCUT2D eigenvalue weighted by atomic mass is 10.0. The Morgan fingerprint density at radius 2 is 1.58 bits per heavy atom. The number of benzene rings is 2. The molecule has 3 aromatic rings. The molecule has 3 rings (SSSR count). The SMILES string of the molecule is O=C(O)CCNC(=O)c1ccc(O[C@H](CCC(F)(F)F)c2ccc(-c3ccc(C(F)(F)F)cc3)nc2)cc1. The molecule has 1 amide bonds. The average Bonchev–Trinajstić information content (AvgIpc) is 2.86. The molecule has 0 aliphatic carbocycles. The predicted molar refractivity (Wildman–Crippen MR) is 124 cm³/mol. The van der Waals surface area contributed by atoms with E-state index in [9.17, 15) is 35.9 Å². The Labute approximate surface area is 213 Å². The normalized spacial score (nSPS) is 12.6. The summed E-state index contributed by atoms with van der Waals surface area (Å²) < 4.78 is 82.9.